The second-order valence-electron chi connectivity index (χ2n) is 7.37. The molecule has 1 saturated heterocycles. The van der Waals surface area contributed by atoms with Gasteiger partial charge >= 0.3 is 0 Å². The van der Waals surface area contributed by atoms with Gasteiger partial charge in [-0.25, -0.2) is 0 Å². The normalized spacial score (nSPS) is 15.1. The number of carbonyl (C=O) groups is 2. The molecular formula is C23H29N3O2. The molecule has 0 aliphatic carbocycles. The number of hydrogen-bond donors (Lipinski definition) is 1. The standard InChI is InChI=1S/C23H29N3O2/c1-19-7-5-10-21(17-19)23(28)24-12-11-22(27)26-14-6-13-25(15-16-26)18-20-8-3-2-4-9-20/h2-5,7-10,17H,6,11-16,18H2,1H3,(H,24,28). The van der Waals surface area contributed by atoms with E-state index in [0.717, 1.165) is 44.7 Å². The highest BCUT2D eigenvalue weighted by Crippen LogP contribution is 2.10. The summed E-state index contributed by atoms with van der Waals surface area (Å²) in [6.07, 6.45) is 1.32. The van der Waals surface area contributed by atoms with Gasteiger partial charge in [0.15, 0.2) is 0 Å². The van der Waals surface area contributed by atoms with Crippen LogP contribution in [0, 0.1) is 6.92 Å². The van der Waals surface area contributed by atoms with Crippen molar-refractivity contribution in [1.29, 1.82) is 0 Å². The van der Waals surface area contributed by atoms with Crippen LogP contribution in [-0.2, 0) is 11.3 Å². The van der Waals surface area contributed by atoms with Gasteiger partial charge in [0.2, 0.25) is 5.91 Å². The monoisotopic (exact) mass is 379 g/mol. The van der Waals surface area contributed by atoms with Gasteiger partial charge in [-0.1, -0.05) is 48.0 Å². The van der Waals surface area contributed by atoms with Gasteiger partial charge in [-0.2, -0.15) is 0 Å². The fraction of sp³-hybridized carbons (Fsp3) is 0.391. The van der Waals surface area contributed by atoms with Crippen molar-refractivity contribution >= 4 is 11.8 Å². The molecule has 5 heteroatoms. The van der Waals surface area contributed by atoms with Crippen molar-refractivity contribution in [3.63, 3.8) is 0 Å². The smallest absolute Gasteiger partial charge is 0.251 e. The number of rotatable bonds is 6. The molecule has 0 spiro atoms. The van der Waals surface area contributed by atoms with E-state index in [9.17, 15) is 9.59 Å². The summed E-state index contributed by atoms with van der Waals surface area (Å²) in [4.78, 5) is 29.1. The van der Waals surface area contributed by atoms with Crippen LogP contribution in [0.3, 0.4) is 0 Å². The van der Waals surface area contributed by atoms with E-state index in [0.29, 0.717) is 18.5 Å². The van der Waals surface area contributed by atoms with E-state index in [1.807, 2.05) is 36.1 Å². The minimum absolute atomic E-state index is 0.117. The molecule has 28 heavy (non-hydrogen) atoms. The fourth-order valence-electron chi connectivity index (χ4n) is 3.55. The van der Waals surface area contributed by atoms with Gasteiger partial charge in [-0.15, -0.1) is 0 Å². The first-order valence-corrected chi connectivity index (χ1v) is 10.0. The largest absolute Gasteiger partial charge is 0.352 e. The molecule has 5 nitrogen and oxygen atoms in total. The summed E-state index contributed by atoms with van der Waals surface area (Å²) in [7, 11) is 0. The van der Waals surface area contributed by atoms with Crippen molar-refractivity contribution < 1.29 is 9.59 Å². The number of nitrogens with one attached hydrogen (secondary N) is 1. The third-order valence-electron chi connectivity index (χ3n) is 5.09. The van der Waals surface area contributed by atoms with Gasteiger partial charge in [-0.3, -0.25) is 14.5 Å². The zero-order chi connectivity index (χ0) is 19.8. The molecule has 0 saturated carbocycles. The molecule has 1 fully saturated rings. The minimum atomic E-state index is -0.124. The number of amides is 2. The fourth-order valence-corrected chi connectivity index (χ4v) is 3.55. The molecule has 2 aromatic rings. The Bertz CT molecular complexity index is 791. The van der Waals surface area contributed by atoms with Crippen LogP contribution in [0.25, 0.3) is 0 Å². The zero-order valence-corrected chi connectivity index (χ0v) is 16.6. The van der Waals surface area contributed by atoms with Crippen molar-refractivity contribution in [1.82, 2.24) is 15.1 Å². The molecule has 0 radical (unpaired) electrons. The van der Waals surface area contributed by atoms with Crippen LogP contribution >= 0.6 is 0 Å². The quantitative estimate of drug-likeness (QED) is 0.840. The number of carbonyl (C=O) groups excluding carboxylic acids is 2. The lowest BCUT2D eigenvalue weighted by atomic mass is 10.1. The molecule has 3 rings (SSSR count). The summed E-state index contributed by atoms with van der Waals surface area (Å²) in [5.74, 6) is -0.00694. The van der Waals surface area contributed by atoms with Crippen LogP contribution in [0.2, 0.25) is 0 Å². The molecular weight excluding hydrogens is 350 g/mol. The van der Waals surface area contributed by atoms with Crippen molar-refractivity contribution in [3.05, 3.63) is 71.3 Å². The Balaban J connectivity index is 1.41. The minimum Gasteiger partial charge on any atom is -0.352 e. The third-order valence-corrected chi connectivity index (χ3v) is 5.09. The Morgan fingerprint density at radius 3 is 2.57 bits per heavy atom. The van der Waals surface area contributed by atoms with E-state index in [1.165, 1.54) is 5.56 Å². The molecule has 0 bridgehead atoms. The number of hydrogen-bond acceptors (Lipinski definition) is 3. The maximum absolute atomic E-state index is 12.5. The summed E-state index contributed by atoms with van der Waals surface area (Å²) in [5, 5.41) is 2.86. The molecule has 1 N–H and O–H groups in total. The predicted octanol–water partition coefficient (Wildman–Crippen LogP) is 2.85. The lowest BCUT2D eigenvalue weighted by Crippen LogP contribution is -2.37. The van der Waals surface area contributed by atoms with E-state index in [2.05, 4.69) is 34.5 Å². The second kappa shape index (κ2) is 10.0. The van der Waals surface area contributed by atoms with Crippen LogP contribution in [0.4, 0.5) is 0 Å². The molecule has 148 valence electrons. The van der Waals surface area contributed by atoms with Gasteiger partial charge in [-0.05, 0) is 31.0 Å². The van der Waals surface area contributed by atoms with Crippen LogP contribution in [0.15, 0.2) is 54.6 Å². The molecule has 2 aromatic carbocycles. The van der Waals surface area contributed by atoms with Gasteiger partial charge in [0, 0.05) is 51.3 Å². The van der Waals surface area contributed by atoms with Gasteiger partial charge < -0.3 is 10.2 Å². The van der Waals surface area contributed by atoms with E-state index in [-0.39, 0.29) is 11.8 Å². The number of benzene rings is 2. The van der Waals surface area contributed by atoms with E-state index in [1.54, 1.807) is 6.07 Å². The van der Waals surface area contributed by atoms with Crippen LogP contribution in [0.5, 0.6) is 0 Å². The van der Waals surface area contributed by atoms with E-state index in [4.69, 9.17) is 0 Å². The van der Waals surface area contributed by atoms with Crippen LogP contribution in [-0.4, -0.2) is 54.3 Å². The molecule has 0 aromatic heterocycles. The predicted molar refractivity (Wildman–Crippen MR) is 111 cm³/mol. The van der Waals surface area contributed by atoms with Crippen molar-refractivity contribution in [3.8, 4) is 0 Å². The summed E-state index contributed by atoms with van der Waals surface area (Å²) < 4.78 is 0. The van der Waals surface area contributed by atoms with Gasteiger partial charge in [0.1, 0.15) is 0 Å². The number of aryl methyl sites for hydroxylation is 1. The summed E-state index contributed by atoms with van der Waals surface area (Å²) in [6.45, 7) is 6.68. The van der Waals surface area contributed by atoms with Crippen molar-refractivity contribution in [2.24, 2.45) is 0 Å². The average molecular weight is 380 g/mol. The Morgan fingerprint density at radius 1 is 0.964 bits per heavy atom. The average Bonchev–Trinajstić information content (AvgIpc) is 2.94. The molecule has 1 aliphatic rings. The van der Waals surface area contributed by atoms with E-state index < -0.39 is 0 Å². The topological polar surface area (TPSA) is 52.7 Å². The Labute approximate surface area is 167 Å². The molecule has 2 amide bonds. The summed E-state index contributed by atoms with van der Waals surface area (Å²) in [5.41, 5.74) is 2.99. The first-order chi connectivity index (χ1) is 13.6. The first-order valence-electron chi connectivity index (χ1n) is 10.0. The lowest BCUT2D eigenvalue weighted by molar-refractivity contribution is -0.130. The van der Waals surface area contributed by atoms with Gasteiger partial charge in [0.05, 0.1) is 0 Å². The third kappa shape index (κ3) is 5.92. The van der Waals surface area contributed by atoms with Crippen LogP contribution < -0.4 is 5.32 Å². The SMILES string of the molecule is Cc1cccc(C(=O)NCCC(=O)N2CCCN(Cc3ccccc3)CC2)c1. The Kier molecular flexibility index (Phi) is 7.20. The lowest BCUT2D eigenvalue weighted by Gasteiger charge is -2.22. The highest BCUT2D eigenvalue weighted by Gasteiger charge is 2.19. The van der Waals surface area contributed by atoms with Crippen molar-refractivity contribution in [2.75, 3.05) is 32.7 Å². The molecule has 1 heterocycles. The zero-order valence-electron chi connectivity index (χ0n) is 16.6. The Hall–Kier alpha value is -2.66. The molecule has 0 unspecified atom stereocenters. The molecule has 1 aliphatic heterocycles. The summed E-state index contributed by atoms with van der Waals surface area (Å²) >= 11 is 0. The first kappa shape index (κ1) is 20.1. The second-order valence-corrected chi connectivity index (χ2v) is 7.37. The maximum Gasteiger partial charge on any atom is 0.251 e. The van der Waals surface area contributed by atoms with E-state index >= 15 is 0 Å². The van der Waals surface area contributed by atoms with Crippen molar-refractivity contribution in [2.45, 2.75) is 26.3 Å². The van der Waals surface area contributed by atoms with Crippen LogP contribution in [0.1, 0.15) is 34.3 Å². The highest BCUT2D eigenvalue weighted by atomic mass is 16.2. The number of nitrogens with zero attached hydrogens (tertiary/aromatic N) is 2. The van der Waals surface area contributed by atoms with Gasteiger partial charge in [0.25, 0.3) is 5.91 Å². The summed E-state index contributed by atoms with van der Waals surface area (Å²) in [6, 6.07) is 17.9. The Morgan fingerprint density at radius 2 is 1.79 bits per heavy atom. The maximum atomic E-state index is 12.5. The molecule has 0 atom stereocenters. The highest BCUT2D eigenvalue weighted by molar-refractivity contribution is 5.94.